The highest BCUT2D eigenvalue weighted by Gasteiger charge is 2.42. The SMILES string of the molecule is COc1ccc(CC(C)(C)NC(=O)C2CCC2C(=O)O)cc1. The number of methoxy groups -OCH3 is 1. The molecular formula is C17H23NO4. The van der Waals surface area contributed by atoms with E-state index in [-0.39, 0.29) is 5.91 Å². The molecule has 0 bridgehead atoms. The second kappa shape index (κ2) is 6.38. The molecule has 0 radical (unpaired) electrons. The van der Waals surface area contributed by atoms with E-state index >= 15 is 0 Å². The molecule has 2 unspecified atom stereocenters. The Morgan fingerprint density at radius 3 is 2.27 bits per heavy atom. The van der Waals surface area contributed by atoms with Crippen LogP contribution in [0, 0.1) is 11.8 Å². The van der Waals surface area contributed by atoms with Crippen molar-refractivity contribution < 1.29 is 19.4 Å². The number of aliphatic carboxylic acids is 1. The topological polar surface area (TPSA) is 75.6 Å². The molecule has 22 heavy (non-hydrogen) atoms. The number of carboxylic acids is 1. The Bertz CT molecular complexity index is 550. The molecule has 0 saturated heterocycles. The van der Waals surface area contributed by atoms with Crippen molar-refractivity contribution in [3.8, 4) is 5.75 Å². The van der Waals surface area contributed by atoms with E-state index in [0.717, 1.165) is 11.3 Å². The van der Waals surface area contributed by atoms with Gasteiger partial charge in [-0.05, 0) is 50.8 Å². The van der Waals surface area contributed by atoms with Gasteiger partial charge in [0.1, 0.15) is 5.75 Å². The predicted octanol–water partition coefficient (Wildman–Crippen LogP) is 2.24. The summed E-state index contributed by atoms with van der Waals surface area (Å²) in [6.07, 6.45) is 1.92. The lowest BCUT2D eigenvalue weighted by Gasteiger charge is -2.36. The summed E-state index contributed by atoms with van der Waals surface area (Å²) in [4.78, 5) is 23.3. The van der Waals surface area contributed by atoms with Gasteiger partial charge in [0, 0.05) is 5.54 Å². The Kier molecular flexibility index (Phi) is 4.74. The fraction of sp³-hybridized carbons (Fsp3) is 0.529. The van der Waals surface area contributed by atoms with E-state index in [1.165, 1.54) is 0 Å². The molecule has 1 aromatic rings. The van der Waals surface area contributed by atoms with Gasteiger partial charge in [-0.3, -0.25) is 9.59 Å². The van der Waals surface area contributed by atoms with Crippen molar-refractivity contribution >= 4 is 11.9 Å². The van der Waals surface area contributed by atoms with Crippen molar-refractivity contribution in [3.63, 3.8) is 0 Å². The number of carbonyl (C=O) groups is 2. The van der Waals surface area contributed by atoms with E-state index in [1.807, 2.05) is 38.1 Å². The molecule has 1 aliphatic rings. The molecule has 0 heterocycles. The standard InChI is InChI=1S/C17H23NO4/c1-17(2,10-11-4-6-12(22-3)7-5-11)18-15(19)13-8-9-14(13)16(20)21/h4-7,13-14H,8-10H2,1-3H3,(H,18,19)(H,20,21). The molecular weight excluding hydrogens is 282 g/mol. The van der Waals surface area contributed by atoms with Gasteiger partial charge in [-0.2, -0.15) is 0 Å². The van der Waals surface area contributed by atoms with Gasteiger partial charge in [-0.15, -0.1) is 0 Å². The molecule has 0 aliphatic heterocycles. The minimum absolute atomic E-state index is 0.155. The van der Waals surface area contributed by atoms with Gasteiger partial charge in [0.25, 0.3) is 0 Å². The van der Waals surface area contributed by atoms with Gasteiger partial charge in [-0.25, -0.2) is 0 Å². The first-order valence-corrected chi connectivity index (χ1v) is 7.50. The Morgan fingerprint density at radius 2 is 1.82 bits per heavy atom. The highest BCUT2D eigenvalue weighted by Crippen LogP contribution is 2.35. The molecule has 1 saturated carbocycles. The monoisotopic (exact) mass is 305 g/mol. The van der Waals surface area contributed by atoms with Crippen LogP contribution in [0.2, 0.25) is 0 Å². The molecule has 1 fully saturated rings. The zero-order valence-corrected chi connectivity index (χ0v) is 13.3. The number of carboxylic acid groups (broad SMARTS) is 1. The average molecular weight is 305 g/mol. The molecule has 1 aromatic carbocycles. The maximum atomic E-state index is 12.3. The van der Waals surface area contributed by atoms with E-state index in [1.54, 1.807) is 7.11 Å². The van der Waals surface area contributed by atoms with Gasteiger partial charge in [0.2, 0.25) is 5.91 Å². The number of nitrogens with one attached hydrogen (secondary N) is 1. The third-order valence-electron chi connectivity index (χ3n) is 4.20. The zero-order chi connectivity index (χ0) is 16.3. The Labute approximate surface area is 130 Å². The van der Waals surface area contributed by atoms with Crippen LogP contribution in [0.5, 0.6) is 5.75 Å². The summed E-state index contributed by atoms with van der Waals surface area (Å²) in [6.45, 7) is 3.90. The first kappa shape index (κ1) is 16.3. The fourth-order valence-electron chi connectivity index (χ4n) is 2.83. The van der Waals surface area contributed by atoms with Crippen molar-refractivity contribution in [2.45, 2.75) is 38.6 Å². The minimum atomic E-state index is -0.876. The quantitative estimate of drug-likeness (QED) is 0.845. The summed E-state index contributed by atoms with van der Waals surface area (Å²) >= 11 is 0. The summed E-state index contributed by atoms with van der Waals surface area (Å²) in [5.41, 5.74) is 0.666. The molecule has 1 amide bonds. The summed E-state index contributed by atoms with van der Waals surface area (Å²) < 4.78 is 5.13. The Balaban J connectivity index is 1.95. The van der Waals surface area contributed by atoms with Gasteiger partial charge in [-0.1, -0.05) is 12.1 Å². The van der Waals surface area contributed by atoms with Crippen molar-refractivity contribution in [1.29, 1.82) is 0 Å². The van der Waals surface area contributed by atoms with Gasteiger partial charge >= 0.3 is 5.97 Å². The number of amides is 1. The molecule has 0 aromatic heterocycles. The van der Waals surface area contributed by atoms with Crippen LogP contribution in [0.1, 0.15) is 32.3 Å². The van der Waals surface area contributed by atoms with Crippen molar-refractivity contribution in [2.24, 2.45) is 11.8 Å². The largest absolute Gasteiger partial charge is 0.497 e. The first-order chi connectivity index (χ1) is 10.3. The summed E-state index contributed by atoms with van der Waals surface area (Å²) in [7, 11) is 1.62. The summed E-state index contributed by atoms with van der Waals surface area (Å²) in [5.74, 6) is -1.16. The number of benzene rings is 1. The highest BCUT2D eigenvalue weighted by molar-refractivity contribution is 5.86. The van der Waals surface area contributed by atoms with Crippen LogP contribution in [0.15, 0.2) is 24.3 Å². The number of hydrogen-bond donors (Lipinski definition) is 2. The second-order valence-electron chi connectivity index (χ2n) is 6.53. The zero-order valence-electron chi connectivity index (χ0n) is 13.3. The maximum Gasteiger partial charge on any atom is 0.307 e. The van der Waals surface area contributed by atoms with Crippen molar-refractivity contribution in [2.75, 3.05) is 7.11 Å². The molecule has 2 atom stereocenters. The van der Waals surface area contributed by atoms with Gasteiger partial charge in [0.05, 0.1) is 18.9 Å². The lowest BCUT2D eigenvalue weighted by atomic mass is 9.73. The van der Waals surface area contributed by atoms with E-state index in [4.69, 9.17) is 9.84 Å². The van der Waals surface area contributed by atoms with Crippen LogP contribution in [-0.2, 0) is 16.0 Å². The summed E-state index contributed by atoms with van der Waals surface area (Å²) in [6, 6.07) is 7.71. The summed E-state index contributed by atoms with van der Waals surface area (Å²) in [5, 5.41) is 12.0. The molecule has 0 spiro atoms. The smallest absolute Gasteiger partial charge is 0.307 e. The number of hydrogen-bond acceptors (Lipinski definition) is 3. The minimum Gasteiger partial charge on any atom is -0.497 e. The van der Waals surface area contributed by atoms with Crippen LogP contribution >= 0.6 is 0 Å². The molecule has 5 heteroatoms. The fourth-order valence-corrected chi connectivity index (χ4v) is 2.83. The van der Waals surface area contributed by atoms with Gasteiger partial charge < -0.3 is 15.2 Å². The maximum absolute atomic E-state index is 12.3. The van der Waals surface area contributed by atoms with Gasteiger partial charge in [0.15, 0.2) is 0 Å². The highest BCUT2D eigenvalue weighted by atomic mass is 16.5. The number of rotatable bonds is 6. The second-order valence-corrected chi connectivity index (χ2v) is 6.53. The molecule has 120 valence electrons. The number of ether oxygens (including phenoxy) is 1. The lowest BCUT2D eigenvalue weighted by Crippen LogP contribution is -2.52. The van der Waals surface area contributed by atoms with Crippen LogP contribution in [0.25, 0.3) is 0 Å². The average Bonchev–Trinajstić information content (AvgIpc) is 2.36. The first-order valence-electron chi connectivity index (χ1n) is 7.50. The van der Waals surface area contributed by atoms with E-state index < -0.39 is 23.3 Å². The molecule has 5 nitrogen and oxygen atoms in total. The van der Waals surface area contributed by atoms with E-state index in [0.29, 0.717) is 19.3 Å². The third-order valence-corrected chi connectivity index (χ3v) is 4.20. The van der Waals surface area contributed by atoms with Crippen LogP contribution in [0.3, 0.4) is 0 Å². The number of carbonyl (C=O) groups excluding carboxylic acids is 1. The predicted molar refractivity (Wildman–Crippen MR) is 82.8 cm³/mol. The Hall–Kier alpha value is -2.04. The van der Waals surface area contributed by atoms with E-state index in [2.05, 4.69) is 5.32 Å². The molecule has 1 aliphatic carbocycles. The molecule has 2 rings (SSSR count). The lowest BCUT2D eigenvalue weighted by molar-refractivity contribution is -0.153. The third kappa shape index (κ3) is 3.78. The van der Waals surface area contributed by atoms with Crippen molar-refractivity contribution in [3.05, 3.63) is 29.8 Å². The van der Waals surface area contributed by atoms with Crippen LogP contribution < -0.4 is 10.1 Å². The van der Waals surface area contributed by atoms with Crippen LogP contribution in [0.4, 0.5) is 0 Å². The molecule has 2 N–H and O–H groups in total. The normalized spacial score (nSPS) is 20.9. The Morgan fingerprint density at radius 1 is 1.23 bits per heavy atom. The van der Waals surface area contributed by atoms with Crippen molar-refractivity contribution in [1.82, 2.24) is 5.32 Å². The van der Waals surface area contributed by atoms with E-state index in [9.17, 15) is 9.59 Å². The van der Waals surface area contributed by atoms with Crippen LogP contribution in [-0.4, -0.2) is 29.6 Å².